The van der Waals surface area contributed by atoms with Gasteiger partial charge in [0, 0.05) is 34.9 Å². The molecule has 22 heavy (non-hydrogen) atoms. The van der Waals surface area contributed by atoms with Gasteiger partial charge in [0.25, 0.3) is 0 Å². The molecular weight excluding hydrogens is 300 g/mol. The average Bonchev–Trinajstić information content (AvgIpc) is 2.47. The molecule has 6 heteroatoms. The number of ether oxygens (including phenoxy) is 1. The number of benzene rings is 1. The highest BCUT2D eigenvalue weighted by molar-refractivity contribution is 7.84. The lowest BCUT2D eigenvalue weighted by Gasteiger charge is -2.36. The SMILES string of the molecule is CS(=O)CCCNC1CC(NC(=O)OCc2ccccc2)C1. The molecule has 2 rings (SSSR count). The van der Waals surface area contributed by atoms with E-state index in [4.69, 9.17) is 4.74 Å². The van der Waals surface area contributed by atoms with E-state index in [-0.39, 0.29) is 12.1 Å². The number of amides is 1. The van der Waals surface area contributed by atoms with E-state index in [2.05, 4.69) is 10.6 Å². The number of hydrogen-bond donors (Lipinski definition) is 2. The molecule has 0 aliphatic heterocycles. The third-order valence-electron chi connectivity index (χ3n) is 3.71. The quantitative estimate of drug-likeness (QED) is 0.716. The first kappa shape index (κ1) is 17.0. The van der Waals surface area contributed by atoms with Crippen LogP contribution in [0.4, 0.5) is 4.79 Å². The number of carbonyl (C=O) groups is 1. The smallest absolute Gasteiger partial charge is 0.407 e. The lowest BCUT2D eigenvalue weighted by atomic mass is 9.87. The van der Waals surface area contributed by atoms with Crippen LogP contribution in [0.5, 0.6) is 0 Å². The van der Waals surface area contributed by atoms with E-state index in [0.717, 1.165) is 37.1 Å². The fourth-order valence-corrected chi connectivity index (χ4v) is 2.97. The number of nitrogens with one attached hydrogen (secondary N) is 2. The lowest BCUT2D eigenvalue weighted by Crippen LogP contribution is -2.52. The minimum Gasteiger partial charge on any atom is -0.445 e. The summed E-state index contributed by atoms with van der Waals surface area (Å²) in [6.07, 6.45) is 4.15. The van der Waals surface area contributed by atoms with Crippen molar-refractivity contribution >= 4 is 16.9 Å². The van der Waals surface area contributed by atoms with Crippen LogP contribution in [0.25, 0.3) is 0 Å². The van der Waals surface area contributed by atoms with Crippen LogP contribution >= 0.6 is 0 Å². The van der Waals surface area contributed by atoms with Gasteiger partial charge in [-0.25, -0.2) is 4.79 Å². The van der Waals surface area contributed by atoms with Crippen LogP contribution in [0, 0.1) is 0 Å². The first-order valence-electron chi connectivity index (χ1n) is 7.64. The van der Waals surface area contributed by atoms with E-state index in [1.165, 1.54) is 0 Å². The van der Waals surface area contributed by atoms with Gasteiger partial charge in [0.1, 0.15) is 6.61 Å². The zero-order valence-corrected chi connectivity index (χ0v) is 13.7. The Morgan fingerprint density at radius 1 is 1.27 bits per heavy atom. The summed E-state index contributed by atoms with van der Waals surface area (Å²) < 4.78 is 16.1. The van der Waals surface area contributed by atoms with Crippen LogP contribution in [0.15, 0.2) is 30.3 Å². The molecule has 1 unspecified atom stereocenters. The molecule has 0 heterocycles. The topological polar surface area (TPSA) is 67.4 Å². The molecule has 1 fully saturated rings. The molecule has 1 aliphatic rings. The van der Waals surface area contributed by atoms with Crippen LogP contribution in [-0.4, -0.2) is 40.9 Å². The first-order chi connectivity index (χ1) is 10.6. The third kappa shape index (κ3) is 6.15. The fraction of sp³-hybridized carbons (Fsp3) is 0.562. The molecule has 1 aromatic rings. The molecular formula is C16H24N2O3S. The van der Waals surface area contributed by atoms with Crippen molar-refractivity contribution in [2.45, 2.75) is 38.0 Å². The molecule has 0 bridgehead atoms. The largest absolute Gasteiger partial charge is 0.445 e. The molecule has 1 aromatic carbocycles. The van der Waals surface area contributed by atoms with Gasteiger partial charge in [-0.2, -0.15) is 0 Å². The van der Waals surface area contributed by atoms with Crippen LogP contribution in [-0.2, 0) is 22.1 Å². The van der Waals surface area contributed by atoms with E-state index >= 15 is 0 Å². The van der Waals surface area contributed by atoms with E-state index < -0.39 is 10.8 Å². The van der Waals surface area contributed by atoms with E-state index in [1.54, 1.807) is 6.26 Å². The van der Waals surface area contributed by atoms with Gasteiger partial charge in [-0.3, -0.25) is 4.21 Å². The second-order valence-electron chi connectivity index (χ2n) is 5.66. The monoisotopic (exact) mass is 324 g/mol. The van der Waals surface area contributed by atoms with Gasteiger partial charge >= 0.3 is 6.09 Å². The van der Waals surface area contributed by atoms with Gasteiger partial charge in [0.15, 0.2) is 0 Å². The molecule has 122 valence electrons. The second-order valence-corrected chi connectivity index (χ2v) is 7.21. The molecule has 2 N–H and O–H groups in total. The number of hydrogen-bond acceptors (Lipinski definition) is 4. The fourth-order valence-electron chi connectivity index (χ4n) is 2.42. The highest BCUT2D eigenvalue weighted by atomic mass is 32.2. The Bertz CT molecular complexity index is 489. The van der Waals surface area contributed by atoms with Crippen molar-refractivity contribution in [3.63, 3.8) is 0 Å². The first-order valence-corrected chi connectivity index (χ1v) is 9.37. The Morgan fingerprint density at radius 3 is 2.68 bits per heavy atom. The summed E-state index contributed by atoms with van der Waals surface area (Å²) in [7, 11) is -0.711. The predicted molar refractivity (Wildman–Crippen MR) is 88.1 cm³/mol. The molecule has 0 spiro atoms. The summed E-state index contributed by atoms with van der Waals surface area (Å²) >= 11 is 0. The third-order valence-corrected chi connectivity index (χ3v) is 4.58. The second kappa shape index (κ2) is 8.90. The molecule has 1 amide bonds. The van der Waals surface area contributed by atoms with Crippen molar-refractivity contribution < 1.29 is 13.7 Å². The Morgan fingerprint density at radius 2 is 2.00 bits per heavy atom. The van der Waals surface area contributed by atoms with Crippen LogP contribution in [0.2, 0.25) is 0 Å². The van der Waals surface area contributed by atoms with Crippen molar-refractivity contribution in [2.24, 2.45) is 0 Å². The minimum absolute atomic E-state index is 0.195. The highest BCUT2D eigenvalue weighted by Crippen LogP contribution is 2.20. The summed E-state index contributed by atoms with van der Waals surface area (Å²) in [6.45, 7) is 1.19. The Balaban J connectivity index is 1.52. The molecule has 1 atom stereocenters. The zero-order valence-electron chi connectivity index (χ0n) is 12.9. The summed E-state index contributed by atoms with van der Waals surface area (Å²) in [5.41, 5.74) is 0.985. The number of rotatable bonds is 8. The molecule has 5 nitrogen and oxygen atoms in total. The molecule has 1 saturated carbocycles. The van der Waals surface area contributed by atoms with E-state index in [0.29, 0.717) is 12.6 Å². The van der Waals surface area contributed by atoms with Gasteiger partial charge in [0.2, 0.25) is 0 Å². The standard InChI is InChI=1S/C16H24N2O3S/c1-22(20)9-5-8-17-14-10-15(11-14)18-16(19)21-12-13-6-3-2-4-7-13/h2-4,6-7,14-15,17H,5,8-12H2,1H3,(H,18,19). The molecule has 0 saturated heterocycles. The van der Waals surface area contributed by atoms with Crippen molar-refractivity contribution in [2.75, 3.05) is 18.6 Å². The van der Waals surface area contributed by atoms with Gasteiger partial charge in [-0.1, -0.05) is 30.3 Å². The van der Waals surface area contributed by atoms with Crippen molar-refractivity contribution in [3.8, 4) is 0 Å². The van der Waals surface area contributed by atoms with Crippen molar-refractivity contribution in [1.29, 1.82) is 0 Å². The van der Waals surface area contributed by atoms with Crippen LogP contribution in [0.3, 0.4) is 0 Å². The summed E-state index contributed by atoms with van der Waals surface area (Å²) in [5.74, 6) is 0.743. The maximum absolute atomic E-state index is 11.7. The van der Waals surface area contributed by atoms with Crippen LogP contribution < -0.4 is 10.6 Å². The lowest BCUT2D eigenvalue weighted by molar-refractivity contribution is 0.125. The normalized spacial score (nSPS) is 21.7. The molecule has 0 aromatic heterocycles. The molecule has 0 radical (unpaired) electrons. The van der Waals surface area contributed by atoms with Crippen LogP contribution in [0.1, 0.15) is 24.8 Å². The van der Waals surface area contributed by atoms with Gasteiger partial charge in [-0.15, -0.1) is 0 Å². The zero-order chi connectivity index (χ0) is 15.8. The molecule has 1 aliphatic carbocycles. The van der Waals surface area contributed by atoms with E-state index in [9.17, 15) is 9.00 Å². The Kier molecular flexibility index (Phi) is 6.86. The maximum Gasteiger partial charge on any atom is 0.407 e. The number of alkyl carbamates (subject to hydrolysis) is 1. The number of carbonyl (C=O) groups excluding carboxylic acids is 1. The van der Waals surface area contributed by atoms with Crippen molar-refractivity contribution in [3.05, 3.63) is 35.9 Å². The highest BCUT2D eigenvalue weighted by Gasteiger charge is 2.30. The summed E-state index contributed by atoms with van der Waals surface area (Å²) in [4.78, 5) is 11.7. The van der Waals surface area contributed by atoms with Gasteiger partial charge in [-0.05, 0) is 31.4 Å². The maximum atomic E-state index is 11.7. The van der Waals surface area contributed by atoms with Crippen molar-refractivity contribution in [1.82, 2.24) is 10.6 Å². The Labute approximate surface area is 134 Å². The Hall–Kier alpha value is -1.40. The van der Waals surface area contributed by atoms with Gasteiger partial charge in [0.05, 0.1) is 0 Å². The minimum atomic E-state index is -0.711. The van der Waals surface area contributed by atoms with Gasteiger partial charge < -0.3 is 15.4 Å². The average molecular weight is 324 g/mol. The predicted octanol–water partition coefficient (Wildman–Crippen LogP) is 1.80. The van der Waals surface area contributed by atoms with E-state index in [1.807, 2.05) is 30.3 Å². The summed E-state index contributed by atoms with van der Waals surface area (Å²) in [6, 6.07) is 10.3. The summed E-state index contributed by atoms with van der Waals surface area (Å²) in [5, 5.41) is 6.28.